The Hall–Kier alpha value is -1.10. The van der Waals surface area contributed by atoms with Gasteiger partial charge in [-0.1, -0.05) is 32.9 Å². The molecule has 0 aliphatic carbocycles. The van der Waals surface area contributed by atoms with Crippen molar-refractivity contribution in [1.29, 1.82) is 0 Å². The minimum Gasteiger partial charge on any atom is -0.491 e. The summed E-state index contributed by atoms with van der Waals surface area (Å²) in [6, 6.07) is 7.90. The second-order valence-electron chi connectivity index (χ2n) is 6.41. The number of rotatable bonds is 6. The van der Waals surface area contributed by atoms with Crippen molar-refractivity contribution >= 4 is 0 Å². The van der Waals surface area contributed by atoms with Crippen LogP contribution >= 0.6 is 0 Å². The van der Waals surface area contributed by atoms with Gasteiger partial charge in [0.1, 0.15) is 5.75 Å². The summed E-state index contributed by atoms with van der Waals surface area (Å²) in [6.07, 6.45) is 0.108. The van der Waals surface area contributed by atoms with Crippen LogP contribution in [0.15, 0.2) is 24.3 Å². The Balaban J connectivity index is 3.05. The summed E-state index contributed by atoms with van der Waals surface area (Å²) < 4.78 is 11.4. The van der Waals surface area contributed by atoms with Gasteiger partial charge in [-0.3, -0.25) is 11.3 Å². The van der Waals surface area contributed by atoms with Crippen LogP contribution in [-0.2, 0) is 4.74 Å². The van der Waals surface area contributed by atoms with E-state index in [0.29, 0.717) is 0 Å². The molecule has 20 heavy (non-hydrogen) atoms. The maximum atomic E-state index is 5.76. The summed E-state index contributed by atoms with van der Waals surface area (Å²) in [5.74, 6) is 6.61. The van der Waals surface area contributed by atoms with E-state index in [1.54, 1.807) is 7.11 Å². The highest BCUT2D eigenvalue weighted by Gasteiger charge is 2.33. The molecule has 3 N–H and O–H groups in total. The quantitative estimate of drug-likeness (QED) is 0.621. The third kappa shape index (κ3) is 4.47. The highest BCUT2D eigenvalue weighted by molar-refractivity contribution is 5.31. The lowest BCUT2D eigenvalue weighted by molar-refractivity contribution is -0.0120. The van der Waals surface area contributed by atoms with E-state index in [0.717, 1.165) is 11.3 Å². The SMILES string of the molecule is COC(C(NN)c1cccc(OC(C)C)c1)C(C)(C)C. The molecule has 0 amide bonds. The van der Waals surface area contributed by atoms with Gasteiger partial charge >= 0.3 is 0 Å². The molecule has 114 valence electrons. The van der Waals surface area contributed by atoms with Gasteiger partial charge in [0.2, 0.25) is 0 Å². The van der Waals surface area contributed by atoms with Crippen LogP contribution in [0, 0.1) is 5.41 Å². The van der Waals surface area contributed by atoms with E-state index in [9.17, 15) is 0 Å². The van der Waals surface area contributed by atoms with Crippen LogP contribution in [-0.4, -0.2) is 19.3 Å². The molecule has 0 bridgehead atoms. The Morgan fingerprint density at radius 1 is 1.20 bits per heavy atom. The molecule has 0 saturated carbocycles. The number of nitrogens with two attached hydrogens (primary N) is 1. The summed E-state index contributed by atoms with van der Waals surface area (Å²) in [7, 11) is 1.72. The molecule has 0 aliphatic heterocycles. The van der Waals surface area contributed by atoms with E-state index in [1.165, 1.54) is 0 Å². The summed E-state index contributed by atoms with van der Waals surface area (Å²) in [4.78, 5) is 0. The number of ether oxygens (including phenoxy) is 2. The number of benzene rings is 1. The highest BCUT2D eigenvalue weighted by atomic mass is 16.5. The normalized spacial score (nSPS) is 15.2. The van der Waals surface area contributed by atoms with Gasteiger partial charge in [0.15, 0.2) is 0 Å². The fraction of sp³-hybridized carbons (Fsp3) is 0.625. The molecule has 2 unspecified atom stereocenters. The molecule has 0 radical (unpaired) electrons. The van der Waals surface area contributed by atoms with Crippen molar-refractivity contribution in [3.63, 3.8) is 0 Å². The zero-order chi connectivity index (χ0) is 15.3. The summed E-state index contributed by atoms with van der Waals surface area (Å²) in [5, 5.41) is 0. The van der Waals surface area contributed by atoms with Crippen molar-refractivity contribution < 1.29 is 9.47 Å². The first kappa shape index (κ1) is 17.0. The van der Waals surface area contributed by atoms with Gasteiger partial charge in [0, 0.05) is 7.11 Å². The molecular formula is C16H28N2O2. The Morgan fingerprint density at radius 3 is 2.30 bits per heavy atom. The van der Waals surface area contributed by atoms with E-state index in [4.69, 9.17) is 15.3 Å². The van der Waals surface area contributed by atoms with Gasteiger partial charge < -0.3 is 9.47 Å². The molecule has 0 spiro atoms. The highest BCUT2D eigenvalue weighted by Crippen LogP contribution is 2.33. The smallest absolute Gasteiger partial charge is 0.120 e. The molecule has 0 fully saturated rings. The molecular weight excluding hydrogens is 252 g/mol. The first-order valence-corrected chi connectivity index (χ1v) is 7.05. The second-order valence-corrected chi connectivity index (χ2v) is 6.41. The Bertz CT molecular complexity index is 413. The third-order valence-corrected chi connectivity index (χ3v) is 3.18. The zero-order valence-corrected chi connectivity index (χ0v) is 13.4. The minimum absolute atomic E-state index is 0.0271. The Morgan fingerprint density at radius 2 is 1.85 bits per heavy atom. The second kappa shape index (κ2) is 7.07. The van der Waals surface area contributed by atoms with Crippen LogP contribution in [0.4, 0.5) is 0 Å². The number of hydrazine groups is 1. The first-order chi connectivity index (χ1) is 9.29. The van der Waals surface area contributed by atoms with Crippen LogP contribution in [0.1, 0.15) is 46.2 Å². The summed E-state index contributed by atoms with van der Waals surface area (Å²) in [5.41, 5.74) is 3.91. The van der Waals surface area contributed by atoms with Crippen LogP contribution in [0.2, 0.25) is 0 Å². The van der Waals surface area contributed by atoms with Crippen LogP contribution in [0.3, 0.4) is 0 Å². The van der Waals surface area contributed by atoms with E-state index < -0.39 is 0 Å². The maximum absolute atomic E-state index is 5.76. The maximum Gasteiger partial charge on any atom is 0.120 e. The van der Waals surface area contributed by atoms with Crippen molar-refractivity contribution in [2.75, 3.05) is 7.11 Å². The third-order valence-electron chi connectivity index (χ3n) is 3.18. The molecule has 2 atom stereocenters. The lowest BCUT2D eigenvalue weighted by Gasteiger charge is -2.36. The largest absolute Gasteiger partial charge is 0.491 e. The Kier molecular flexibility index (Phi) is 5.99. The monoisotopic (exact) mass is 280 g/mol. The fourth-order valence-corrected chi connectivity index (χ4v) is 2.40. The number of hydrogen-bond acceptors (Lipinski definition) is 4. The molecule has 1 rings (SSSR count). The molecule has 1 aromatic carbocycles. The predicted molar refractivity (Wildman–Crippen MR) is 82.5 cm³/mol. The van der Waals surface area contributed by atoms with E-state index in [2.05, 4.69) is 26.2 Å². The average Bonchev–Trinajstić information content (AvgIpc) is 2.33. The molecule has 4 heteroatoms. The topological polar surface area (TPSA) is 56.5 Å². The van der Waals surface area contributed by atoms with Crippen molar-refractivity contribution in [3.8, 4) is 5.75 Å². The van der Waals surface area contributed by atoms with Crippen LogP contribution < -0.4 is 16.0 Å². The van der Waals surface area contributed by atoms with Crippen molar-refractivity contribution in [3.05, 3.63) is 29.8 Å². The standard InChI is InChI=1S/C16H28N2O2/c1-11(2)20-13-9-7-8-12(10-13)14(18-17)15(19-6)16(3,4)5/h7-11,14-15,18H,17H2,1-6H3. The predicted octanol–water partition coefficient (Wildman–Crippen LogP) is 3.04. The number of methoxy groups -OCH3 is 1. The fourth-order valence-electron chi connectivity index (χ4n) is 2.40. The van der Waals surface area contributed by atoms with Gasteiger partial charge in [-0.15, -0.1) is 0 Å². The minimum atomic E-state index is -0.0873. The van der Waals surface area contributed by atoms with Gasteiger partial charge in [-0.2, -0.15) is 0 Å². The van der Waals surface area contributed by atoms with E-state index in [1.807, 2.05) is 38.1 Å². The molecule has 0 heterocycles. The van der Waals surface area contributed by atoms with E-state index in [-0.39, 0.29) is 23.7 Å². The van der Waals surface area contributed by atoms with Crippen LogP contribution in [0.5, 0.6) is 5.75 Å². The molecule has 0 aromatic heterocycles. The first-order valence-electron chi connectivity index (χ1n) is 7.05. The molecule has 0 aliphatic rings. The van der Waals surface area contributed by atoms with Crippen molar-refractivity contribution in [2.45, 2.75) is 52.9 Å². The summed E-state index contributed by atoms with van der Waals surface area (Å²) >= 11 is 0. The number of hydrogen-bond donors (Lipinski definition) is 2. The zero-order valence-electron chi connectivity index (χ0n) is 13.4. The van der Waals surface area contributed by atoms with Crippen molar-refractivity contribution in [1.82, 2.24) is 5.43 Å². The Labute approximate surface area is 122 Å². The van der Waals surface area contributed by atoms with Gasteiger partial charge in [-0.25, -0.2) is 0 Å². The molecule has 4 nitrogen and oxygen atoms in total. The summed E-state index contributed by atoms with van der Waals surface area (Å²) in [6.45, 7) is 10.4. The van der Waals surface area contributed by atoms with E-state index >= 15 is 0 Å². The lowest BCUT2D eigenvalue weighted by Crippen LogP contribution is -2.44. The average molecular weight is 280 g/mol. The molecule has 1 aromatic rings. The van der Waals surface area contributed by atoms with Gasteiger partial charge in [0.05, 0.1) is 18.2 Å². The van der Waals surface area contributed by atoms with Crippen molar-refractivity contribution in [2.24, 2.45) is 11.3 Å². The molecule has 0 saturated heterocycles. The van der Waals surface area contributed by atoms with Gasteiger partial charge in [0.25, 0.3) is 0 Å². The van der Waals surface area contributed by atoms with Crippen LogP contribution in [0.25, 0.3) is 0 Å². The van der Waals surface area contributed by atoms with Gasteiger partial charge in [-0.05, 0) is 37.0 Å². The lowest BCUT2D eigenvalue weighted by atomic mass is 9.82. The number of nitrogens with one attached hydrogen (secondary N) is 1.